The van der Waals surface area contributed by atoms with Crippen molar-refractivity contribution in [3.8, 4) is 11.4 Å². The minimum atomic E-state index is 0.616. The smallest absolute Gasteiger partial charge is 0.199 e. The zero-order valence-corrected chi connectivity index (χ0v) is 17.0. The Bertz CT molecular complexity index is 692. The van der Waals surface area contributed by atoms with Crippen LogP contribution in [-0.4, -0.2) is 37.3 Å². The topological polar surface area (TPSA) is 38.9 Å². The van der Waals surface area contributed by atoms with Crippen molar-refractivity contribution in [3.63, 3.8) is 0 Å². The third-order valence-corrected chi connectivity index (χ3v) is 4.32. The molecule has 2 heterocycles. The number of aromatic nitrogens is 4. The predicted octanol–water partition coefficient (Wildman–Crippen LogP) is 4.46. The lowest BCUT2D eigenvalue weighted by Gasteiger charge is -2.25. The summed E-state index contributed by atoms with van der Waals surface area (Å²) in [6.45, 7) is 14.9. The van der Waals surface area contributed by atoms with Crippen LogP contribution in [0.15, 0.2) is 24.5 Å². The molecule has 0 radical (unpaired) electrons. The lowest BCUT2D eigenvalue weighted by Crippen LogP contribution is -2.33. The van der Waals surface area contributed by atoms with Gasteiger partial charge in [0.05, 0.1) is 6.67 Å². The summed E-state index contributed by atoms with van der Waals surface area (Å²) in [5.74, 6) is 2.17. The summed E-state index contributed by atoms with van der Waals surface area (Å²) in [7, 11) is 0. The molecule has 6 heteroatoms. The van der Waals surface area contributed by atoms with E-state index in [-0.39, 0.29) is 0 Å². The first-order valence-electron chi connectivity index (χ1n) is 9.22. The Hall–Kier alpha value is -1.53. The highest BCUT2D eigenvalue weighted by Crippen LogP contribution is 2.18. The first-order chi connectivity index (χ1) is 11.9. The van der Waals surface area contributed by atoms with E-state index in [9.17, 15) is 0 Å². The Kier molecular flexibility index (Phi) is 7.32. The third kappa shape index (κ3) is 5.47. The first kappa shape index (κ1) is 19.8. The Labute approximate surface area is 156 Å². The van der Waals surface area contributed by atoms with Gasteiger partial charge in [-0.3, -0.25) is 14.5 Å². The normalized spacial score (nSPS) is 11.8. The van der Waals surface area contributed by atoms with E-state index < -0.39 is 0 Å². The molecule has 0 fully saturated rings. The molecule has 0 aliphatic carbocycles. The van der Waals surface area contributed by atoms with Gasteiger partial charge in [-0.2, -0.15) is 5.10 Å². The molecule has 0 unspecified atom stereocenters. The Morgan fingerprint density at radius 3 is 2.20 bits per heavy atom. The van der Waals surface area contributed by atoms with Crippen LogP contribution in [0.5, 0.6) is 0 Å². The molecule has 0 saturated heterocycles. The van der Waals surface area contributed by atoms with Crippen LogP contribution in [0.4, 0.5) is 0 Å². The van der Waals surface area contributed by atoms with E-state index >= 15 is 0 Å². The van der Waals surface area contributed by atoms with Crippen LogP contribution in [0.2, 0.25) is 0 Å². The number of rotatable bonds is 9. The quantitative estimate of drug-likeness (QED) is 0.618. The second-order valence-corrected chi connectivity index (χ2v) is 7.82. The first-order valence-corrected chi connectivity index (χ1v) is 9.63. The highest BCUT2D eigenvalue weighted by Gasteiger charge is 2.16. The SMILES string of the molecule is CCCn1c(-c2ccncc2)nn(CN(CC(C)C)CC(C)C)c1=S. The molecule has 25 heavy (non-hydrogen) atoms. The van der Waals surface area contributed by atoms with Crippen molar-refractivity contribution < 1.29 is 0 Å². The van der Waals surface area contributed by atoms with E-state index in [1.54, 1.807) is 12.4 Å². The van der Waals surface area contributed by atoms with Gasteiger partial charge < -0.3 is 0 Å². The Morgan fingerprint density at radius 1 is 1.08 bits per heavy atom. The standard InChI is InChI=1S/C19H31N5S/c1-6-11-23-18(17-7-9-20-10-8-17)21-24(19(23)25)14-22(12-15(2)3)13-16(4)5/h7-10,15-16H,6,11-14H2,1-5H3. The number of nitrogens with zero attached hydrogens (tertiary/aromatic N) is 5. The van der Waals surface area contributed by atoms with Gasteiger partial charge in [0.1, 0.15) is 0 Å². The van der Waals surface area contributed by atoms with E-state index in [4.69, 9.17) is 17.3 Å². The molecule has 0 N–H and O–H groups in total. The van der Waals surface area contributed by atoms with Gasteiger partial charge in [-0.25, -0.2) is 4.68 Å². The number of hydrogen-bond acceptors (Lipinski definition) is 4. The molecular formula is C19H31N5S. The maximum atomic E-state index is 5.74. The van der Waals surface area contributed by atoms with E-state index in [2.05, 4.69) is 49.1 Å². The largest absolute Gasteiger partial charge is 0.300 e. The molecule has 0 aromatic carbocycles. The minimum Gasteiger partial charge on any atom is -0.300 e. The van der Waals surface area contributed by atoms with Crippen molar-refractivity contribution >= 4 is 12.2 Å². The van der Waals surface area contributed by atoms with Crippen LogP contribution in [0.3, 0.4) is 0 Å². The number of hydrogen-bond donors (Lipinski definition) is 0. The molecule has 5 nitrogen and oxygen atoms in total. The lowest BCUT2D eigenvalue weighted by atomic mass is 10.1. The second-order valence-electron chi connectivity index (χ2n) is 7.46. The maximum absolute atomic E-state index is 5.74. The van der Waals surface area contributed by atoms with E-state index in [0.29, 0.717) is 11.8 Å². The zero-order valence-electron chi connectivity index (χ0n) is 16.1. The van der Waals surface area contributed by atoms with Gasteiger partial charge in [-0.05, 0) is 42.6 Å². The molecule has 0 bridgehead atoms. The van der Waals surface area contributed by atoms with Crippen LogP contribution in [0.1, 0.15) is 41.0 Å². The van der Waals surface area contributed by atoms with Gasteiger partial charge >= 0.3 is 0 Å². The van der Waals surface area contributed by atoms with Crippen LogP contribution in [-0.2, 0) is 13.2 Å². The summed E-state index contributed by atoms with van der Waals surface area (Å²) in [5.41, 5.74) is 1.06. The molecule has 138 valence electrons. The Morgan fingerprint density at radius 2 is 1.68 bits per heavy atom. The van der Waals surface area contributed by atoms with Crippen LogP contribution in [0.25, 0.3) is 11.4 Å². The highest BCUT2D eigenvalue weighted by molar-refractivity contribution is 7.71. The van der Waals surface area contributed by atoms with Gasteiger partial charge in [0, 0.05) is 37.6 Å². The summed E-state index contributed by atoms with van der Waals surface area (Å²) in [6, 6.07) is 3.99. The fraction of sp³-hybridized carbons (Fsp3) is 0.632. The van der Waals surface area contributed by atoms with Crippen molar-refractivity contribution in [1.82, 2.24) is 24.2 Å². The molecule has 0 aliphatic heterocycles. The summed E-state index contributed by atoms with van der Waals surface area (Å²) >= 11 is 5.74. The summed E-state index contributed by atoms with van der Waals surface area (Å²) in [4.78, 5) is 6.56. The van der Waals surface area contributed by atoms with Crippen molar-refractivity contribution in [1.29, 1.82) is 0 Å². The van der Waals surface area contributed by atoms with E-state index in [1.807, 2.05) is 16.8 Å². The van der Waals surface area contributed by atoms with Gasteiger partial charge in [-0.15, -0.1) is 0 Å². The average Bonchev–Trinajstić information content (AvgIpc) is 2.84. The second kappa shape index (κ2) is 9.25. The molecule has 0 aliphatic rings. The van der Waals surface area contributed by atoms with Gasteiger partial charge in [-0.1, -0.05) is 34.6 Å². The average molecular weight is 362 g/mol. The van der Waals surface area contributed by atoms with Crippen molar-refractivity contribution in [2.45, 2.75) is 54.3 Å². The molecule has 0 amide bonds. The highest BCUT2D eigenvalue weighted by atomic mass is 32.1. The van der Waals surface area contributed by atoms with Crippen LogP contribution < -0.4 is 0 Å². The van der Waals surface area contributed by atoms with Gasteiger partial charge in [0.25, 0.3) is 0 Å². The lowest BCUT2D eigenvalue weighted by molar-refractivity contribution is 0.164. The van der Waals surface area contributed by atoms with Crippen molar-refractivity contribution in [2.24, 2.45) is 11.8 Å². The fourth-order valence-electron chi connectivity index (χ4n) is 3.09. The number of pyridine rings is 1. The molecule has 0 atom stereocenters. The Balaban J connectivity index is 2.35. The molecular weight excluding hydrogens is 330 g/mol. The third-order valence-electron chi connectivity index (χ3n) is 3.89. The predicted molar refractivity (Wildman–Crippen MR) is 106 cm³/mol. The molecule has 2 aromatic heterocycles. The van der Waals surface area contributed by atoms with Crippen molar-refractivity contribution in [2.75, 3.05) is 13.1 Å². The summed E-state index contributed by atoms with van der Waals surface area (Å²) in [6.07, 6.45) is 4.63. The molecule has 0 spiro atoms. The van der Waals surface area contributed by atoms with Crippen molar-refractivity contribution in [3.05, 3.63) is 29.3 Å². The minimum absolute atomic E-state index is 0.616. The summed E-state index contributed by atoms with van der Waals surface area (Å²) < 4.78 is 4.92. The monoisotopic (exact) mass is 361 g/mol. The van der Waals surface area contributed by atoms with E-state index in [1.165, 1.54) is 0 Å². The van der Waals surface area contributed by atoms with E-state index in [0.717, 1.165) is 48.9 Å². The molecule has 2 rings (SSSR count). The zero-order chi connectivity index (χ0) is 18.4. The summed E-state index contributed by atoms with van der Waals surface area (Å²) in [5, 5.41) is 4.86. The molecule has 2 aromatic rings. The van der Waals surface area contributed by atoms with Gasteiger partial charge in [0.2, 0.25) is 0 Å². The van der Waals surface area contributed by atoms with Gasteiger partial charge in [0.15, 0.2) is 10.6 Å². The molecule has 0 saturated carbocycles. The maximum Gasteiger partial charge on any atom is 0.199 e. The van der Waals surface area contributed by atoms with Crippen LogP contribution >= 0.6 is 12.2 Å². The van der Waals surface area contributed by atoms with Crippen LogP contribution in [0, 0.1) is 16.6 Å². The fourth-order valence-corrected chi connectivity index (χ4v) is 3.36.